The van der Waals surface area contributed by atoms with Gasteiger partial charge in [0.15, 0.2) is 11.6 Å². The summed E-state index contributed by atoms with van der Waals surface area (Å²) in [7, 11) is 1.46. The molecule has 0 bridgehead atoms. The number of nitrogens with one attached hydrogen (secondary N) is 1. The van der Waals surface area contributed by atoms with Crippen LogP contribution in [0.4, 0.5) is 18.9 Å². The Kier molecular flexibility index (Phi) is 3.94. The van der Waals surface area contributed by atoms with Crippen molar-refractivity contribution in [1.82, 2.24) is 0 Å². The van der Waals surface area contributed by atoms with E-state index in [2.05, 4.69) is 5.32 Å². The quantitative estimate of drug-likeness (QED) is 0.911. The van der Waals surface area contributed by atoms with Gasteiger partial charge in [-0.15, -0.1) is 0 Å². The number of anilines is 1. The first kappa shape index (κ1) is 13.3. The molecule has 0 heterocycles. The summed E-state index contributed by atoms with van der Waals surface area (Å²) in [5.74, 6) is -1.87. The first-order valence-corrected chi connectivity index (χ1v) is 5.62. The van der Waals surface area contributed by atoms with E-state index < -0.39 is 17.5 Å². The lowest BCUT2D eigenvalue weighted by Gasteiger charge is -2.10. The molecule has 0 spiro atoms. The lowest BCUT2D eigenvalue weighted by Crippen LogP contribution is -2.04. The number of hydrogen-bond acceptors (Lipinski definition) is 2. The van der Waals surface area contributed by atoms with Gasteiger partial charge in [0.2, 0.25) is 0 Å². The number of rotatable bonds is 4. The van der Waals surface area contributed by atoms with Crippen molar-refractivity contribution in [1.29, 1.82) is 0 Å². The molecule has 0 atom stereocenters. The van der Waals surface area contributed by atoms with Gasteiger partial charge in [0, 0.05) is 18.2 Å². The first-order chi connectivity index (χ1) is 9.11. The predicted octanol–water partition coefficient (Wildman–Crippen LogP) is 3.72. The van der Waals surface area contributed by atoms with Crippen molar-refractivity contribution in [3.05, 3.63) is 59.4 Å². The number of methoxy groups -OCH3 is 1. The highest BCUT2D eigenvalue weighted by atomic mass is 19.2. The molecular weight excluding hydrogens is 255 g/mol. The lowest BCUT2D eigenvalue weighted by molar-refractivity contribution is 0.414. The van der Waals surface area contributed by atoms with Crippen LogP contribution in [0, 0.1) is 17.5 Å². The molecule has 0 aliphatic carbocycles. The van der Waals surface area contributed by atoms with Gasteiger partial charge in [0.05, 0.1) is 12.8 Å². The average Bonchev–Trinajstić information content (AvgIpc) is 2.42. The minimum absolute atomic E-state index is 0.0202. The van der Waals surface area contributed by atoms with Crippen molar-refractivity contribution in [3.63, 3.8) is 0 Å². The molecule has 0 aromatic heterocycles. The molecule has 0 fully saturated rings. The molecule has 2 aromatic carbocycles. The fourth-order valence-corrected chi connectivity index (χ4v) is 1.64. The van der Waals surface area contributed by atoms with E-state index in [1.165, 1.54) is 37.4 Å². The maximum atomic E-state index is 13.5. The molecule has 0 unspecified atom stereocenters. The van der Waals surface area contributed by atoms with Crippen LogP contribution >= 0.6 is 0 Å². The summed E-state index contributed by atoms with van der Waals surface area (Å²) in [6.07, 6.45) is 0. The highest BCUT2D eigenvalue weighted by molar-refractivity contribution is 5.50. The molecule has 1 N–H and O–H groups in total. The molecule has 2 aromatic rings. The Morgan fingerprint density at radius 3 is 2.58 bits per heavy atom. The van der Waals surface area contributed by atoms with Gasteiger partial charge in [0.25, 0.3) is 0 Å². The maximum absolute atomic E-state index is 13.5. The van der Waals surface area contributed by atoms with Gasteiger partial charge in [-0.1, -0.05) is 12.1 Å². The van der Waals surface area contributed by atoms with Crippen molar-refractivity contribution in [3.8, 4) is 5.75 Å². The van der Waals surface area contributed by atoms with Gasteiger partial charge in [-0.3, -0.25) is 0 Å². The molecule has 2 rings (SSSR count). The Bertz CT molecular complexity index is 587. The summed E-state index contributed by atoms with van der Waals surface area (Å²) in [6.45, 7) is -0.0202. The molecule has 100 valence electrons. The van der Waals surface area contributed by atoms with Gasteiger partial charge < -0.3 is 10.1 Å². The van der Waals surface area contributed by atoms with Crippen LogP contribution < -0.4 is 10.1 Å². The summed E-state index contributed by atoms with van der Waals surface area (Å²) in [5, 5.41) is 2.71. The van der Waals surface area contributed by atoms with E-state index in [0.29, 0.717) is 5.75 Å². The summed E-state index contributed by atoms with van der Waals surface area (Å²) in [6, 6.07) is 8.03. The Balaban J connectivity index is 2.16. The van der Waals surface area contributed by atoms with E-state index in [1.54, 1.807) is 0 Å². The highest BCUT2D eigenvalue weighted by Gasteiger charge is 2.09. The van der Waals surface area contributed by atoms with Gasteiger partial charge in [0.1, 0.15) is 11.6 Å². The second-order valence-corrected chi connectivity index (χ2v) is 3.91. The minimum Gasteiger partial charge on any atom is -0.497 e. The van der Waals surface area contributed by atoms with E-state index in [-0.39, 0.29) is 17.8 Å². The third-order valence-corrected chi connectivity index (χ3v) is 2.67. The van der Waals surface area contributed by atoms with E-state index in [0.717, 1.165) is 6.07 Å². The van der Waals surface area contributed by atoms with E-state index in [1.807, 2.05) is 0 Å². The normalized spacial score (nSPS) is 10.3. The highest BCUT2D eigenvalue weighted by Crippen LogP contribution is 2.22. The lowest BCUT2D eigenvalue weighted by atomic mass is 10.2. The number of ether oxygens (including phenoxy) is 1. The summed E-state index contributed by atoms with van der Waals surface area (Å²) >= 11 is 0. The number of hydrogen-bond donors (Lipinski definition) is 1. The molecule has 19 heavy (non-hydrogen) atoms. The third-order valence-electron chi connectivity index (χ3n) is 2.67. The van der Waals surface area contributed by atoms with Crippen LogP contribution in [0.1, 0.15) is 5.56 Å². The van der Waals surface area contributed by atoms with Crippen LogP contribution in [0.3, 0.4) is 0 Å². The molecule has 0 amide bonds. The van der Waals surface area contributed by atoms with Crippen LogP contribution in [-0.4, -0.2) is 7.11 Å². The largest absolute Gasteiger partial charge is 0.497 e. The van der Waals surface area contributed by atoms with Crippen molar-refractivity contribution in [2.45, 2.75) is 6.54 Å². The second-order valence-electron chi connectivity index (χ2n) is 3.91. The third kappa shape index (κ3) is 2.99. The molecule has 0 radical (unpaired) electrons. The smallest absolute Gasteiger partial charge is 0.163 e. The average molecular weight is 267 g/mol. The Hall–Kier alpha value is -2.17. The van der Waals surface area contributed by atoms with E-state index >= 15 is 0 Å². The van der Waals surface area contributed by atoms with Crippen LogP contribution in [-0.2, 0) is 6.54 Å². The van der Waals surface area contributed by atoms with Gasteiger partial charge in [-0.05, 0) is 18.2 Å². The molecule has 0 aliphatic heterocycles. The van der Waals surface area contributed by atoms with Crippen molar-refractivity contribution >= 4 is 5.69 Å². The summed E-state index contributed by atoms with van der Waals surface area (Å²) < 4.78 is 44.9. The van der Waals surface area contributed by atoms with Crippen LogP contribution in [0.2, 0.25) is 0 Å². The summed E-state index contributed by atoms with van der Waals surface area (Å²) in [5.41, 5.74) is 0.297. The summed E-state index contributed by atoms with van der Waals surface area (Å²) in [4.78, 5) is 0. The minimum atomic E-state index is -0.932. The second kappa shape index (κ2) is 5.65. The van der Waals surface area contributed by atoms with Crippen molar-refractivity contribution < 1.29 is 17.9 Å². The fraction of sp³-hybridized carbons (Fsp3) is 0.143. The van der Waals surface area contributed by atoms with Crippen molar-refractivity contribution in [2.75, 3.05) is 12.4 Å². The standard InChI is InChI=1S/C14H12F3NO/c1-19-10-5-6-11(15)13(7-10)18-8-9-3-2-4-12(16)14(9)17/h2-7,18H,8H2,1H3. The molecule has 5 heteroatoms. The van der Waals surface area contributed by atoms with E-state index in [4.69, 9.17) is 4.74 Å². The van der Waals surface area contributed by atoms with Crippen LogP contribution in [0.25, 0.3) is 0 Å². The zero-order valence-corrected chi connectivity index (χ0v) is 10.2. The van der Waals surface area contributed by atoms with Gasteiger partial charge >= 0.3 is 0 Å². The van der Waals surface area contributed by atoms with Crippen LogP contribution in [0.15, 0.2) is 36.4 Å². The van der Waals surface area contributed by atoms with Crippen LogP contribution in [0.5, 0.6) is 5.75 Å². The van der Waals surface area contributed by atoms with Gasteiger partial charge in [-0.25, -0.2) is 13.2 Å². The van der Waals surface area contributed by atoms with E-state index in [9.17, 15) is 13.2 Å². The number of halogens is 3. The predicted molar refractivity (Wildman–Crippen MR) is 66.6 cm³/mol. The Morgan fingerprint density at radius 2 is 1.84 bits per heavy atom. The topological polar surface area (TPSA) is 21.3 Å². The van der Waals surface area contributed by atoms with Gasteiger partial charge in [-0.2, -0.15) is 0 Å². The fourth-order valence-electron chi connectivity index (χ4n) is 1.64. The Labute approximate surface area is 108 Å². The zero-order valence-electron chi connectivity index (χ0n) is 10.2. The molecule has 0 saturated carbocycles. The molecule has 0 saturated heterocycles. The monoisotopic (exact) mass is 267 g/mol. The van der Waals surface area contributed by atoms with Crippen molar-refractivity contribution in [2.24, 2.45) is 0 Å². The maximum Gasteiger partial charge on any atom is 0.163 e. The molecule has 0 aliphatic rings. The number of benzene rings is 2. The zero-order chi connectivity index (χ0) is 13.8. The Morgan fingerprint density at radius 1 is 1.05 bits per heavy atom. The molecular formula is C14H12F3NO. The first-order valence-electron chi connectivity index (χ1n) is 5.62. The SMILES string of the molecule is COc1ccc(F)c(NCc2cccc(F)c2F)c1. The molecule has 2 nitrogen and oxygen atoms in total.